The Bertz CT molecular complexity index is 1290. The summed E-state index contributed by atoms with van der Waals surface area (Å²) in [5, 5.41) is 8.61. The fourth-order valence-electron chi connectivity index (χ4n) is 4.74. The van der Waals surface area contributed by atoms with Crippen molar-refractivity contribution in [2.75, 3.05) is 5.32 Å². The van der Waals surface area contributed by atoms with Crippen LogP contribution in [0.4, 0.5) is 11.4 Å². The van der Waals surface area contributed by atoms with Crippen molar-refractivity contribution in [2.45, 2.75) is 90.9 Å². The lowest BCUT2D eigenvalue weighted by Crippen LogP contribution is -2.43. The van der Waals surface area contributed by atoms with Gasteiger partial charge in [0.1, 0.15) is 11.6 Å². The molecule has 8 heteroatoms. The molecule has 0 spiro atoms. The number of aromatic nitrogens is 2. The van der Waals surface area contributed by atoms with E-state index in [1.807, 2.05) is 29.0 Å². The molecule has 2 atom stereocenters. The Kier molecular flexibility index (Phi) is 8.09. The second-order valence-electron chi connectivity index (χ2n) is 11.9. The molecular weight excluding hydrogens is 542 g/mol. The first-order valence-electron chi connectivity index (χ1n) is 13.5. The summed E-state index contributed by atoms with van der Waals surface area (Å²) in [6.45, 7) is 15.8. The van der Waals surface area contributed by atoms with E-state index in [-0.39, 0.29) is 5.04 Å². The molecule has 3 N–H and O–H groups in total. The Morgan fingerprint density at radius 1 is 1.24 bits per heavy atom. The fraction of sp³-hybridized carbons (Fsp3) is 0.517. The molecule has 0 amide bonds. The summed E-state index contributed by atoms with van der Waals surface area (Å²) in [5.74, 6) is 1.98. The Balaban J connectivity index is 1.71. The van der Waals surface area contributed by atoms with Crippen LogP contribution < -0.4 is 15.5 Å². The van der Waals surface area contributed by atoms with Gasteiger partial charge in [-0.3, -0.25) is 0 Å². The third kappa shape index (κ3) is 6.06. The number of halogens is 1. The maximum Gasteiger partial charge on any atom is 0.250 e. The summed E-state index contributed by atoms with van der Waals surface area (Å²) in [4.78, 5) is 4.92. The zero-order valence-corrected chi connectivity index (χ0v) is 25.9. The average molecular weight is 585 g/mol. The number of aliphatic imine (C=N–C) groups is 1. The normalized spacial score (nSPS) is 19.3. The van der Waals surface area contributed by atoms with E-state index in [0.29, 0.717) is 17.8 Å². The number of amidine groups is 1. The Labute approximate surface area is 231 Å². The highest BCUT2D eigenvalue weighted by atomic mass is 79.9. The van der Waals surface area contributed by atoms with Crippen LogP contribution in [0.2, 0.25) is 18.1 Å². The van der Waals surface area contributed by atoms with Crippen LogP contribution in [-0.2, 0) is 6.42 Å². The minimum absolute atomic E-state index is 0.138. The molecule has 1 aromatic carbocycles. The van der Waals surface area contributed by atoms with Crippen LogP contribution >= 0.6 is 15.9 Å². The zero-order chi connectivity index (χ0) is 27.0. The van der Waals surface area contributed by atoms with Gasteiger partial charge in [-0.1, -0.05) is 47.5 Å². The number of aryl methyl sites for hydroxylation is 1. The van der Waals surface area contributed by atoms with Gasteiger partial charge >= 0.3 is 0 Å². The zero-order valence-electron chi connectivity index (χ0n) is 23.4. The molecule has 0 aliphatic heterocycles. The lowest BCUT2D eigenvalue weighted by molar-refractivity contribution is 0.349. The SMILES string of the molecule is CCc1cc(O[Si](C)(C)C(C)(C)C)ccc1/N=C(\N)c1cnn2cc(Br)cc2c1NC1CCCCC1C. The molecule has 4 rings (SSSR count). The number of fused-ring (bicyclic) bond motifs is 1. The van der Waals surface area contributed by atoms with Crippen molar-refractivity contribution in [2.24, 2.45) is 16.6 Å². The van der Waals surface area contributed by atoms with E-state index in [2.05, 4.69) is 86.2 Å². The van der Waals surface area contributed by atoms with Crippen molar-refractivity contribution in [1.29, 1.82) is 0 Å². The van der Waals surface area contributed by atoms with E-state index in [0.717, 1.165) is 51.1 Å². The maximum atomic E-state index is 6.71. The monoisotopic (exact) mass is 583 g/mol. The quantitative estimate of drug-likeness (QED) is 0.167. The summed E-state index contributed by atoms with van der Waals surface area (Å²) in [7, 11) is -1.93. The second-order valence-corrected chi connectivity index (χ2v) is 17.6. The average Bonchev–Trinajstić information content (AvgIpc) is 3.21. The van der Waals surface area contributed by atoms with Gasteiger partial charge in [0.2, 0.25) is 8.32 Å². The minimum atomic E-state index is -1.93. The highest BCUT2D eigenvalue weighted by Gasteiger charge is 2.39. The number of anilines is 1. The van der Waals surface area contributed by atoms with E-state index >= 15 is 0 Å². The summed E-state index contributed by atoms with van der Waals surface area (Å²) in [5.41, 5.74) is 11.5. The van der Waals surface area contributed by atoms with Crippen molar-refractivity contribution in [1.82, 2.24) is 9.61 Å². The third-order valence-corrected chi connectivity index (χ3v) is 13.0. The highest BCUT2D eigenvalue weighted by Crippen LogP contribution is 2.38. The van der Waals surface area contributed by atoms with Crippen LogP contribution in [0.5, 0.6) is 5.75 Å². The van der Waals surface area contributed by atoms with E-state index in [1.165, 1.54) is 19.3 Å². The molecule has 200 valence electrons. The topological polar surface area (TPSA) is 76.9 Å². The molecule has 3 aromatic rings. The molecule has 0 saturated heterocycles. The van der Waals surface area contributed by atoms with Gasteiger partial charge in [0.05, 0.1) is 28.7 Å². The summed E-state index contributed by atoms with van der Waals surface area (Å²) in [6, 6.07) is 8.67. The minimum Gasteiger partial charge on any atom is -0.543 e. The van der Waals surface area contributed by atoms with E-state index in [1.54, 1.807) is 0 Å². The second kappa shape index (κ2) is 10.8. The standard InChI is InChI=1S/C29H42BrN5OSi/c1-8-20-15-22(36-37(6,7)29(3,4)5)13-14-25(20)34-28(31)23-17-32-35-18-21(30)16-26(35)27(23)33-24-12-10-9-11-19(24)2/h13-19,24,33H,8-12H2,1-7H3,(H2,31,34). The number of benzene rings is 1. The summed E-state index contributed by atoms with van der Waals surface area (Å²) in [6.07, 6.45) is 9.58. The van der Waals surface area contributed by atoms with Gasteiger partial charge in [-0.2, -0.15) is 5.10 Å². The van der Waals surface area contributed by atoms with Crippen LogP contribution in [0.3, 0.4) is 0 Å². The first kappa shape index (κ1) is 27.7. The largest absolute Gasteiger partial charge is 0.543 e. The van der Waals surface area contributed by atoms with Gasteiger partial charge in [-0.05, 0) is 89.1 Å². The van der Waals surface area contributed by atoms with E-state index in [9.17, 15) is 0 Å². The number of hydrogen-bond donors (Lipinski definition) is 2. The van der Waals surface area contributed by atoms with Gasteiger partial charge in [0, 0.05) is 16.7 Å². The molecule has 1 aliphatic rings. The van der Waals surface area contributed by atoms with Crippen LogP contribution in [0.25, 0.3) is 5.52 Å². The predicted octanol–water partition coefficient (Wildman–Crippen LogP) is 8.07. The predicted molar refractivity (Wildman–Crippen MR) is 162 cm³/mol. The summed E-state index contributed by atoms with van der Waals surface area (Å²) < 4.78 is 9.42. The van der Waals surface area contributed by atoms with Crippen molar-refractivity contribution in [3.05, 3.63) is 52.3 Å². The number of nitrogens with one attached hydrogen (secondary N) is 1. The molecule has 6 nitrogen and oxygen atoms in total. The Morgan fingerprint density at radius 3 is 2.65 bits per heavy atom. The van der Waals surface area contributed by atoms with E-state index in [4.69, 9.17) is 15.2 Å². The molecule has 0 bridgehead atoms. The van der Waals surface area contributed by atoms with E-state index < -0.39 is 8.32 Å². The van der Waals surface area contributed by atoms with Gasteiger partial charge in [-0.25, -0.2) is 9.51 Å². The Morgan fingerprint density at radius 2 is 1.97 bits per heavy atom. The van der Waals surface area contributed by atoms with Crippen molar-refractivity contribution in [3.63, 3.8) is 0 Å². The molecule has 2 heterocycles. The fourth-order valence-corrected chi connectivity index (χ4v) is 6.18. The first-order valence-corrected chi connectivity index (χ1v) is 17.2. The van der Waals surface area contributed by atoms with Gasteiger partial charge in [0.15, 0.2) is 0 Å². The number of nitrogens with zero attached hydrogens (tertiary/aromatic N) is 3. The van der Waals surface area contributed by atoms with Crippen molar-refractivity contribution in [3.8, 4) is 5.75 Å². The molecule has 1 aliphatic carbocycles. The molecule has 37 heavy (non-hydrogen) atoms. The van der Waals surface area contributed by atoms with Gasteiger partial charge < -0.3 is 15.5 Å². The molecule has 1 fully saturated rings. The number of rotatable bonds is 7. The third-order valence-electron chi connectivity index (χ3n) is 8.17. The molecule has 2 unspecified atom stereocenters. The maximum absolute atomic E-state index is 6.71. The van der Waals surface area contributed by atoms with Gasteiger partial charge in [0.25, 0.3) is 0 Å². The number of hydrogen-bond acceptors (Lipinski definition) is 4. The van der Waals surface area contributed by atoms with Crippen molar-refractivity contribution < 1.29 is 4.43 Å². The Hall–Kier alpha value is -2.32. The molecule has 1 saturated carbocycles. The van der Waals surface area contributed by atoms with Crippen LogP contribution in [0.1, 0.15) is 71.4 Å². The van der Waals surface area contributed by atoms with Crippen molar-refractivity contribution >= 4 is 47.0 Å². The molecular formula is C29H42BrN5OSi. The first-order chi connectivity index (χ1) is 17.4. The lowest BCUT2D eigenvalue weighted by Gasteiger charge is -2.36. The molecule has 0 radical (unpaired) electrons. The van der Waals surface area contributed by atoms with Crippen LogP contribution in [-0.4, -0.2) is 29.8 Å². The lowest BCUT2D eigenvalue weighted by atomic mass is 9.85. The smallest absolute Gasteiger partial charge is 0.250 e. The van der Waals surface area contributed by atoms with Crippen LogP contribution in [0.15, 0.2) is 46.1 Å². The van der Waals surface area contributed by atoms with Gasteiger partial charge in [-0.15, -0.1) is 0 Å². The van der Waals surface area contributed by atoms with Crippen LogP contribution in [0, 0.1) is 5.92 Å². The molecule has 2 aromatic heterocycles. The number of nitrogens with two attached hydrogens (primary N) is 1. The highest BCUT2D eigenvalue weighted by molar-refractivity contribution is 9.10. The summed E-state index contributed by atoms with van der Waals surface area (Å²) >= 11 is 3.61.